The van der Waals surface area contributed by atoms with E-state index in [1.54, 1.807) is 11.8 Å². The highest BCUT2D eigenvalue weighted by Gasteiger charge is 2.09. The first kappa shape index (κ1) is 24.0. The van der Waals surface area contributed by atoms with Gasteiger partial charge in [-0.25, -0.2) is 0 Å². The third kappa shape index (κ3) is 7.52. The van der Waals surface area contributed by atoms with Gasteiger partial charge >= 0.3 is 0 Å². The van der Waals surface area contributed by atoms with E-state index in [4.69, 9.17) is 0 Å². The van der Waals surface area contributed by atoms with E-state index in [-0.39, 0.29) is 11.8 Å². The lowest BCUT2D eigenvalue weighted by Crippen LogP contribution is -2.14. The average molecular weight is 427 g/mol. The minimum absolute atomic E-state index is 0.0659. The van der Waals surface area contributed by atoms with E-state index in [9.17, 15) is 9.59 Å². The molecule has 0 unspecified atom stereocenters. The van der Waals surface area contributed by atoms with Crippen LogP contribution in [0.25, 0.3) is 0 Å². The fourth-order valence-corrected chi connectivity index (χ4v) is 4.47. The quantitative estimate of drug-likeness (QED) is 0.451. The third-order valence-electron chi connectivity index (χ3n) is 5.07. The SMILES string of the molecule is Cc1cc(C)c(NC(=O)CCCSCCCC(=O)Nc2c(C)cccc2C)c(C)c1. The van der Waals surface area contributed by atoms with Crippen LogP contribution >= 0.6 is 11.8 Å². The van der Waals surface area contributed by atoms with Gasteiger partial charge in [-0.2, -0.15) is 11.8 Å². The number of carbonyl (C=O) groups excluding carboxylic acids is 2. The van der Waals surface area contributed by atoms with Crippen molar-refractivity contribution in [3.05, 3.63) is 58.1 Å². The molecule has 0 saturated heterocycles. The summed E-state index contributed by atoms with van der Waals surface area (Å²) in [5.41, 5.74) is 7.47. The second kappa shape index (κ2) is 11.8. The van der Waals surface area contributed by atoms with E-state index in [1.165, 1.54) is 5.56 Å². The van der Waals surface area contributed by atoms with E-state index < -0.39 is 0 Å². The number of anilines is 2. The van der Waals surface area contributed by atoms with Crippen molar-refractivity contribution < 1.29 is 9.59 Å². The monoisotopic (exact) mass is 426 g/mol. The Labute approximate surface area is 185 Å². The zero-order valence-corrected chi connectivity index (χ0v) is 19.7. The molecule has 30 heavy (non-hydrogen) atoms. The summed E-state index contributed by atoms with van der Waals surface area (Å²) in [7, 11) is 0. The predicted octanol–water partition coefficient (Wildman–Crippen LogP) is 6.10. The Morgan fingerprint density at radius 3 is 1.63 bits per heavy atom. The summed E-state index contributed by atoms with van der Waals surface area (Å²) < 4.78 is 0. The molecule has 0 radical (unpaired) electrons. The maximum atomic E-state index is 12.2. The van der Waals surface area contributed by atoms with Gasteiger partial charge in [0.2, 0.25) is 11.8 Å². The lowest BCUT2D eigenvalue weighted by molar-refractivity contribution is -0.117. The molecule has 0 bridgehead atoms. The molecule has 0 atom stereocenters. The van der Waals surface area contributed by atoms with Crippen molar-refractivity contribution in [2.45, 2.75) is 60.3 Å². The highest BCUT2D eigenvalue weighted by atomic mass is 32.2. The van der Waals surface area contributed by atoms with Gasteiger partial charge in [-0.3, -0.25) is 9.59 Å². The lowest BCUT2D eigenvalue weighted by Gasteiger charge is -2.13. The molecule has 162 valence electrons. The molecule has 0 saturated carbocycles. The Morgan fingerprint density at radius 2 is 1.17 bits per heavy atom. The molecule has 0 aromatic heterocycles. The van der Waals surface area contributed by atoms with E-state index in [0.29, 0.717) is 12.8 Å². The van der Waals surface area contributed by atoms with Gasteiger partial charge in [0.25, 0.3) is 0 Å². The zero-order valence-electron chi connectivity index (χ0n) is 18.9. The Hall–Kier alpha value is -2.27. The number of amides is 2. The summed E-state index contributed by atoms with van der Waals surface area (Å²) in [4.78, 5) is 24.4. The van der Waals surface area contributed by atoms with Crippen molar-refractivity contribution in [1.29, 1.82) is 0 Å². The van der Waals surface area contributed by atoms with E-state index in [1.807, 2.05) is 45.9 Å². The first-order valence-corrected chi connectivity index (χ1v) is 11.7. The van der Waals surface area contributed by atoms with Crippen molar-refractivity contribution in [3.63, 3.8) is 0 Å². The molecule has 2 N–H and O–H groups in total. The van der Waals surface area contributed by atoms with Gasteiger partial charge in [0.1, 0.15) is 0 Å². The van der Waals surface area contributed by atoms with Crippen LogP contribution in [0.3, 0.4) is 0 Å². The van der Waals surface area contributed by atoms with Crippen molar-refractivity contribution in [1.82, 2.24) is 0 Å². The Kier molecular flexibility index (Phi) is 9.44. The summed E-state index contributed by atoms with van der Waals surface area (Å²) >= 11 is 1.80. The molecular formula is C25H34N2O2S. The van der Waals surface area contributed by atoms with Crippen LogP contribution in [0, 0.1) is 34.6 Å². The van der Waals surface area contributed by atoms with Crippen LogP contribution < -0.4 is 10.6 Å². The molecule has 0 aliphatic carbocycles. The van der Waals surface area contributed by atoms with Gasteiger partial charge in [0.05, 0.1) is 0 Å². The first-order chi connectivity index (χ1) is 14.3. The molecule has 2 rings (SSSR count). The number of thioether (sulfide) groups is 1. The van der Waals surface area contributed by atoms with Crippen LogP contribution in [0.5, 0.6) is 0 Å². The lowest BCUT2D eigenvalue weighted by atomic mass is 10.0. The smallest absolute Gasteiger partial charge is 0.224 e. The molecule has 0 fully saturated rings. The number of rotatable bonds is 10. The second-order valence-corrected chi connectivity index (χ2v) is 9.18. The van der Waals surface area contributed by atoms with Crippen molar-refractivity contribution in [3.8, 4) is 0 Å². The van der Waals surface area contributed by atoms with Crippen LogP contribution in [-0.2, 0) is 9.59 Å². The maximum absolute atomic E-state index is 12.2. The van der Waals surface area contributed by atoms with Crippen LogP contribution in [0.2, 0.25) is 0 Å². The average Bonchev–Trinajstić information content (AvgIpc) is 2.67. The largest absolute Gasteiger partial charge is 0.326 e. The molecule has 4 nitrogen and oxygen atoms in total. The number of carbonyl (C=O) groups is 2. The van der Waals surface area contributed by atoms with Crippen molar-refractivity contribution in [2.24, 2.45) is 0 Å². The summed E-state index contributed by atoms with van der Waals surface area (Å²) in [5.74, 6) is 1.99. The normalized spacial score (nSPS) is 10.7. The standard InChI is InChI=1S/C25H34N2O2S/c1-17-15-20(4)25(21(5)16-17)27-23(29)12-8-14-30-13-7-11-22(28)26-24-18(2)9-6-10-19(24)3/h6,9-10,15-16H,7-8,11-14H2,1-5H3,(H,26,28)(H,27,29). The Balaban J connectivity index is 1.60. The summed E-state index contributed by atoms with van der Waals surface area (Å²) in [5, 5.41) is 6.08. The molecule has 2 aromatic rings. The summed E-state index contributed by atoms with van der Waals surface area (Å²) in [6, 6.07) is 10.2. The number of aryl methyl sites for hydroxylation is 5. The molecule has 0 spiro atoms. The van der Waals surface area contributed by atoms with E-state index >= 15 is 0 Å². The first-order valence-electron chi connectivity index (χ1n) is 10.6. The fourth-order valence-electron chi connectivity index (χ4n) is 3.56. The minimum Gasteiger partial charge on any atom is -0.326 e. The Morgan fingerprint density at radius 1 is 0.733 bits per heavy atom. The highest BCUT2D eigenvalue weighted by molar-refractivity contribution is 7.99. The number of para-hydroxylation sites is 1. The Bertz CT molecular complexity index is 849. The molecule has 0 aliphatic rings. The van der Waals surface area contributed by atoms with Gasteiger partial charge < -0.3 is 10.6 Å². The van der Waals surface area contributed by atoms with Crippen molar-refractivity contribution >= 4 is 35.0 Å². The minimum atomic E-state index is 0.0659. The van der Waals surface area contributed by atoms with Gasteiger partial charge in [-0.15, -0.1) is 0 Å². The molecule has 0 aliphatic heterocycles. The third-order valence-corrected chi connectivity index (χ3v) is 6.23. The molecular weight excluding hydrogens is 392 g/mol. The van der Waals surface area contributed by atoms with Crippen molar-refractivity contribution in [2.75, 3.05) is 22.1 Å². The summed E-state index contributed by atoms with van der Waals surface area (Å²) in [6.45, 7) is 10.1. The number of hydrogen-bond donors (Lipinski definition) is 2. The molecule has 2 amide bonds. The number of hydrogen-bond acceptors (Lipinski definition) is 3. The number of benzene rings is 2. The molecule has 5 heteroatoms. The topological polar surface area (TPSA) is 58.2 Å². The van der Waals surface area contributed by atoms with Gasteiger partial charge in [-0.05, 0) is 81.2 Å². The predicted molar refractivity (Wildman–Crippen MR) is 130 cm³/mol. The van der Waals surface area contributed by atoms with Gasteiger partial charge in [0.15, 0.2) is 0 Å². The van der Waals surface area contributed by atoms with Crippen LogP contribution in [0.15, 0.2) is 30.3 Å². The fraction of sp³-hybridized carbons (Fsp3) is 0.440. The zero-order chi connectivity index (χ0) is 22.1. The molecule has 0 heterocycles. The van der Waals surface area contributed by atoms with E-state index in [2.05, 4.69) is 29.7 Å². The van der Waals surface area contributed by atoms with Crippen LogP contribution in [0.1, 0.15) is 53.5 Å². The van der Waals surface area contributed by atoms with Crippen LogP contribution in [0.4, 0.5) is 11.4 Å². The maximum Gasteiger partial charge on any atom is 0.224 e. The molecule has 2 aromatic carbocycles. The second-order valence-electron chi connectivity index (χ2n) is 7.96. The van der Waals surface area contributed by atoms with E-state index in [0.717, 1.165) is 58.0 Å². The highest BCUT2D eigenvalue weighted by Crippen LogP contribution is 2.22. The summed E-state index contributed by atoms with van der Waals surface area (Å²) in [6.07, 6.45) is 2.73. The van der Waals surface area contributed by atoms with Gasteiger partial charge in [0, 0.05) is 24.2 Å². The van der Waals surface area contributed by atoms with Crippen LogP contribution in [-0.4, -0.2) is 23.3 Å². The van der Waals surface area contributed by atoms with Gasteiger partial charge in [-0.1, -0.05) is 35.9 Å². The number of nitrogens with one attached hydrogen (secondary N) is 2.